The van der Waals surface area contributed by atoms with Gasteiger partial charge in [0.25, 0.3) is 5.91 Å². The van der Waals surface area contributed by atoms with Crippen LogP contribution < -0.4 is 19.5 Å². The lowest BCUT2D eigenvalue weighted by atomic mass is 10.1. The van der Waals surface area contributed by atoms with Crippen molar-refractivity contribution < 1.29 is 28.5 Å². The van der Waals surface area contributed by atoms with Gasteiger partial charge in [-0.15, -0.1) is 0 Å². The van der Waals surface area contributed by atoms with Gasteiger partial charge < -0.3 is 24.3 Å². The molecule has 0 bridgehead atoms. The number of hydrogen-bond donors (Lipinski definition) is 1. The number of carbonyl (C=O) groups excluding carboxylic acids is 2. The van der Waals surface area contributed by atoms with Crippen molar-refractivity contribution in [1.29, 1.82) is 0 Å². The average Bonchev–Trinajstić information content (AvgIpc) is 2.73. The lowest BCUT2D eigenvalue weighted by molar-refractivity contribution is -0.147. The van der Waals surface area contributed by atoms with Gasteiger partial charge in [-0.1, -0.05) is 29.3 Å². The Hall–Kier alpha value is -2.64. The van der Waals surface area contributed by atoms with E-state index >= 15 is 0 Å². The third-order valence-corrected chi connectivity index (χ3v) is 4.76. The first-order valence-corrected chi connectivity index (χ1v) is 9.78. The van der Waals surface area contributed by atoms with E-state index in [0.717, 1.165) is 5.56 Å². The minimum Gasteiger partial charge on any atom is -0.493 e. The van der Waals surface area contributed by atoms with Crippen LogP contribution in [0, 0.1) is 0 Å². The minimum absolute atomic E-state index is 0.0512. The van der Waals surface area contributed by atoms with Crippen molar-refractivity contribution in [3.05, 3.63) is 51.5 Å². The highest BCUT2D eigenvalue weighted by Gasteiger charge is 2.16. The summed E-state index contributed by atoms with van der Waals surface area (Å²) in [6, 6.07) is 8.48. The number of carbonyl (C=O) groups is 2. The van der Waals surface area contributed by atoms with Gasteiger partial charge in [0, 0.05) is 16.6 Å². The number of esters is 1. The number of rotatable bonds is 10. The van der Waals surface area contributed by atoms with Crippen molar-refractivity contribution in [3.8, 4) is 17.2 Å². The van der Waals surface area contributed by atoms with Crippen LogP contribution in [-0.2, 0) is 27.2 Å². The van der Waals surface area contributed by atoms with E-state index in [0.29, 0.717) is 45.8 Å². The van der Waals surface area contributed by atoms with Gasteiger partial charge in [0.15, 0.2) is 18.1 Å². The fourth-order valence-corrected chi connectivity index (χ4v) is 3.22. The third kappa shape index (κ3) is 6.71. The van der Waals surface area contributed by atoms with Gasteiger partial charge in [0.1, 0.15) is 0 Å². The van der Waals surface area contributed by atoms with Crippen molar-refractivity contribution in [2.75, 3.05) is 34.5 Å². The Morgan fingerprint density at radius 2 is 1.63 bits per heavy atom. The highest BCUT2D eigenvalue weighted by atomic mass is 35.5. The van der Waals surface area contributed by atoms with Crippen molar-refractivity contribution in [2.45, 2.75) is 12.8 Å². The van der Waals surface area contributed by atoms with Crippen LogP contribution in [0.2, 0.25) is 10.0 Å². The maximum Gasteiger partial charge on any atom is 0.310 e. The summed E-state index contributed by atoms with van der Waals surface area (Å²) in [7, 11) is 4.47. The number of nitrogens with one attached hydrogen (secondary N) is 1. The number of benzene rings is 2. The summed E-state index contributed by atoms with van der Waals surface area (Å²) < 4.78 is 20.8. The van der Waals surface area contributed by atoms with Gasteiger partial charge >= 0.3 is 5.97 Å². The summed E-state index contributed by atoms with van der Waals surface area (Å²) in [4.78, 5) is 24.0. The lowest BCUT2D eigenvalue weighted by Crippen LogP contribution is -2.30. The molecule has 0 spiro atoms. The molecule has 0 unspecified atom stereocenters. The number of hydrogen-bond acceptors (Lipinski definition) is 6. The topological polar surface area (TPSA) is 83.1 Å². The van der Waals surface area contributed by atoms with Crippen LogP contribution in [0.1, 0.15) is 11.1 Å². The molecular formula is C21H23Cl2NO6. The first-order valence-electron chi connectivity index (χ1n) is 9.03. The molecule has 9 heteroatoms. The number of ether oxygens (including phenoxy) is 4. The Morgan fingerprint density at radius 3 is 2.20 bits per heavy atom. The van der Waals surface area contributed by atoms with Crippen molar-refractivity contribution in [2.24, 2.45) is 0 Å². The van der Waals surface area contributed by atoms with Gasteiger partial charge in [-0.2, -0.15) is 0 Å². The molecule has 2 rings (SSSR count). The summed E-state index contributed by atoms with van der Waals surface area (Å²) in [6.45, 7) is -0.0256. The zero-order valence-electron chi connectivity index (χ0n) is 16.9. The van der Waals surface area contributed by atoms with Gasteiger partial charge in [0.2, 0.25) is 5.75 Å². The van der Waals surface area contributed by atoms with Crippen LogP contribution in [0.5, 0.6) is 17.2 Å². The SMILES string of the molecule is COc1cc(CC(=O)OCC(=O)NCCc2ccc(Cl)cc2Cl)cc(OC)c1OC. The highest BCUT2D eigenvalue weighted by molar-refractivity contribution is 6.35. The van der Waals surface area contributed by atoms with Crippen molar-refractivity contribution in [1.82, 2.24) is 5.32 Å². The maximum atomic E-state index is 12.1. The summed E-state index contributed by atoms with van der Waals surface area (Å²) in [5.74, 6) is 0.326. The summed E-state index contributed by atoms with van der Waals surface area (Å²) in [5.41, 5.74) is 1.47. The molecular weight excluding hydrogens is 433 g/mol. The Kier molecular flexibility index (Phi) is 9.08. The van der Waals surface area contributed by atoms with Crippen LogP contribution in [-0.4, -0.2) is 46.4 Å². The standard InChI is InChI=1S/C21H23Cl2NO6/c1-27-17-8-13(9-18(28-2)21(17)29-3)10-20(26)30-12-19(25)24-7-6-14-4-5-15(22)11-16(14)23/h4-5,8-9,11H,6-7,10,12H2,1-3H3,(H,24,25). The fourth-order valence-electron chi connectivity index (χ4n) is 2.71. The molecule has 1 N–H and O–H groups in total. The van der Waals surface area contributed by atoms with E-state index in [9.17, 15) is 9.59 Å². The van der Waals surface area contributed by atoms with E-state index in [4.69, 9.17) is 42.1 Å². The summed E-state index contributed by atoms with van der Waals surface area (Å²) in [5, 5.41) is 3.76. The molecule has 0 saturated carbocycles. The lowest BCUT2D eigenvalue weighted by Gasteiger charge is -2.14. The molecule has 0 aliphatic rings. The van der Waals surface area contributed by atoms with Crippen LogP contribution >= 0.6 is 23.2 Å². The Labute approximate surface area is 185 Å². The van der Waals surface area contributed by atoms with Gasteiger partial charge in [-0.05, 0) is 41.8 Å². The van der Waals surface area contributed by atoms with Crippen LogP contribution in [0.4, 0.5) is 0 Å². The Balaban J connectivity index is 1.82. The predicted molar refractivity (Wildman–Crippen MR) is 114 cm³/mol. The first-order chi connectivity index (χ1) is 14.4. The van der Waals surface area contributed by atoms with Crippen molar-refractivity contribution >= 4 is 35.1 Å². The van der Waals surface area contributed by atoms with Gasteiger partial charge in [-0.25, -0.2) is 0 Å². The van der Waals surface area contributed by atoms with Crippen LogP contribution in [0.25, 0.3) is 0 Å². The van der Waals surface area contributed by atoms with E-state index in [1.54, 1.807) is 30.3 Å². The Morgan fingerprint density at radius 1 is 0.967 bits per heavy atom. The van der Waals surface area contributed by atoms with E-state index in [2.05, 4.69) is 5.32 Å². The molecule has 30 heavy (non-hydrogen) atoms. The quantitative estimate of drug-likeness (QED) is 0.552. The first kappa shape index (κ1) is 23.6. The number of methoxy groups -OCH3 is 3. The third-order valence-electron chi connectivity index (χ3n) is 4.17. The van der Waals surface area contributed by atoms with Crippen molar-refractivity contribution in [3.63, 3.8) is 0 Å². The molecule has 0 aromatic heterocycles. The predicted octanol–water partition coefficient (Wildman–Crippen LogP) is 3.46. The zero-order chi connectivity index (χ0) is 22.1. The molecule has 0 aliphatic heterocycles. The molecule has 1 amide bonds. The second-order valence-corrected chi connectivity index (χ2v) is 7.05. The molecule has 2 aromatic rings. The summed E-state index contributed by atoms with van der Waals surface area (Å²) in [6.07, 6.45) is 0.478. The molecule has 7 nitrogen and oxygen atoms in total. The smallest absolute Gasteiger partial charge is 0.310 e. The average molecular weight is 456 g/mol. The van der Waals surface area contributed by atoms with E-state index in [1.165, 1.54) is 21.3 Å². The maximum absolute atomic E-state index is 12.1. The molecule has 2 aromatic carbocycles. The molecule has 0 fully saturated rings. The van der Waals surface area contributed by atoms with Gasteiger partial charge in [0.05, 0.1) is 27.8 Å². The molecule has 0 radical (unpaired) electrons. The molecule has 0 heterocycles. The highest BCUT2D eigenvalue weighted by Crippen LogP contribution is 2.38. The molecule has 0 saturated heterocycles. The van der Waals surface area contributed by atoms with E-state index in [1.807, 2.05) is 0 Å². The molecule has 0 atom stereocenters. The van der Waals surface area contributed by atoms with E-state index in [-0.39, 0.29) is 13.0 Å². The van der Waals surface area contributed by atoms with Crippen LogP contribution in [0.15, 0.2) is 30.3 Å². The monoisotopic (exact) mass is 455 g/mol. The molecule has 0 aliphatic carbocycles. The minimum atomic E-state index is -0.555. The second-order valence-electron chi connectivity index (χ2n) is 6.21. The number of halogens is 2. The fraction of sp³-hybridized carbons (Fsp3) is 0.333. The summed E-state index contributed by atoms with van der Waals surface area (Å²) >= 11 is 12.0. The number of amides is 1. The largest absolute Gasteiger partial charge is 0.493 e. The van der Waals surface area contributed by atoms with Gasteiger partial charge in [-0.3, -0.25) is 9.59 Å². The molecule has 162 valence electrons. The Bertz CT molecular complexity index is 878. The van der Waals surface area contributed by atoms with E-state index < -0.39 is 11.9 Å². The second kappa shape index (κ2) is 11.5. The zero-order valence-corrected chi connectivity index (χ0v) is 18.4. The van der Waals surface area contributed by atoms with Crippen LogP contribution in [0.3, 0.4) is 0 Å². The normalized spacial score (nSPS) is 10.3.